The number of para-hydroxylation sites is 1. The molecule has 17 heteroatoms. The van der Waals surface area contributed by atoms with Crippen LogP contribution in [0.5, 0.6) is 5.75 Å². The Bertz CT molecular complexity index is 1040. The van der Waals surface area contributed by atoms with E-state index in [2.05, 4.69) is 9.44 Å². The number of aliphatic hydroxyl groups is 7. The molecular weight excluding hydrogens is 542 g/mol. The summed E-state index contributed by atoms with van der Waals surface area (Å²) >= 11 is 0.576. The van der Waals surface area contributed by atoms with Gasteiger partial charge in [-0.3, -0.25) is 4.55 Å². The summed E-state index contributed by atoms with van der Waals surface area (Å²) in [5.41, 5.74) is -1.05. The predicted octanol–water partition coefficient (Wildman–Crippen LogP) is -2.90. The van der Waals surface area contributed by atoms with Gasteiger partial charge in [0.1, 0.15) is 59.0 Å². The molecule has 10 atom stereocenters. The predicted molar refractivity (Wildman–Crippen MR) is 125 cm³/mol. The van der Waals surface area contributed by atoms with Crippen molar-refractivity contribution in [1.29, 1.82) is 0 Å². The Kier molecular flexibility index (Phi) is 10.1. The van der Waals surface area contributed by atoms with Gasteiger partial charge in [-0.2, -0.15) is 8.42 Å². The Labute approximate surface area is 215 Å². The number of hydrogen-bond acceptors (Lipinski definition) is 15. The Balaban J connectivity index is 1.84. The molecule has 2 heterocycles. The second-order valence-corrected chi connectivity index (χ2v) is 10.6. The highest BCUT2D eigenvalue weighted by Gasteiger charge is 2.45. The van der Waals surface area contributed by atoms with E-state index >= 15 is 0 Å². The largest absolute Gasteiger partial charge is 0.466 e. The van der Waals surface area contributed by atoms with Gasteiger partial charge in [-0.1, -0.05) is 35.1 Å². The average molecular weight is 572 g/mol. The van der Waals surface area contributed by atoms with Crippen molar-refractivity contribution in [2.24, 2.45) is 5.16 Å². The van der Waals surface area contributed by atoms with Crippen molar-refractivity contribution in [2.45, 2.75) is 73.9 Å². The van der Waals surface area contributed by atoms with Gasteiger partial charge in [-0.25, -0.2) is 4.28 Å². The molecule has 15 nitrogen and oxygen atoms in total. The van der Waals surface area contributed by atoms with Crippen LogP contribution in [0, 0.1) is 0 Å². The van der Waals surface area contributed by atoms with Crippen molar-refractivity contribution in [3.63, 3.8) is 0 Å². The smallest absolute Gasteiger partial charge is 0.462 e. The summed E-state index contributed by atoms with van der Waals surface area (Å²) in [7, 11) is -5.03. The summed E-state index contributed by atoms with van der Waals surface area (Å²) in [6.45, 7) is 0.770. The van der Waals surface area contributed by atoms with E-state index in [1.54, 1.807) is 12.1 Å². The highest BCUT2D eigenvalue weighted by atomic mass is 32.3. The maximum atomic E-state index is 11.1. The monoisotopic (exact) mass is 571 g/mol. The van der Waals surface area contributed by atoms with Crippen LogP contribution in [0.4, 0.5) is 0 Å². The molecule has 0 saturated carbocycles. The quantitative estimate of drug-likeness (QED) is 0.0675. The van der Waals surface area contributed by atoms with E-state index < -0.39 is 77.6 Å². The fourth-order valence-electron chi connectivity index (χ4n) is 3.65. The van der Waals surface area contributed by atoms with Crippen LogP contribution in [0.2, 0.25) is 0 Å². The zero-order valence-electron chi connectivity index (χ0n) is 19.3. The molecular formula is C20H29NO14S2. The minimum absolute atomic E-state index is 0.0938. The first-order valence-electron chi connectivity index (χ1n) is 11.0. The molecule has 37 heavy (non-hydrogen) atoms. The van der Waals surface area contributed by atoms with Gasteiger partial charge in [-0.05, 0) is 13.0 Å². The van der Waals surface area contributed by atoms with Gasteiger partial charge in [0.05, 0.1) is 12.7 Å². The van der Waals surface area contributed by atoms with E-state index in [0.29, 0.717) is 17.3 Å². The van der Waals surface area contributed by atoms with Crippen molar-refractivity contribution in [2.75, 3.05) is 6.61 Å². The molecule has 0 aliphatic carbocycles. The SMILES string of the molecule is C[C@@H]1O[C@@H](Oc2ccccc2C/C(=N\OS(=O)(=O)O)S[C@H]2O[C@H](CO)[C@H](O)[C@H](O)[C@H]2O)[C@H](O)[C@@H](O)[C@H]1O. The molecule has 1 aromatic carbocycles. The van der Waals surface area contributed by atoms with E-state index in [9.17, 15) is 44.2 Å². The summed E-state index contributed by atoms with van der Waals surface area (Å²) in [6.07, 6.45) is -13.3. The molecule has 0 amide bonds. The molecule has 2 saturated heterocycles. The normalized spacial score (nSPS) is 37.3. The molecule has 0 bridgehead atoms. The van der Waals surface area contributed by atoms with Gasteiger partial charge < -0.3 is 50.0 Å². The van der Waals surface area contributed by atoms with E-state index in [1.165, 1.54) is 19.1 Å². The van der Waals surface area contributed by atoms with Crippen molar-refractivity contribution in [3.05, 3.63) is 29.8 Å². The molecule has 0 aromatic heterocycles. The molecule has 0 unspecified atom stereocenters. The Morgan fingerprint density at radius 1 is 0.973 bits per heavy atom. The molecule has 0 radical (unpaired) electrons. The van der Waals surface area contributed by atoms with Gasteiger partial charge in [0.2, 0.25) is 6.29 Å². The summed E-state index contributed by atoms with van der Waals surface area (Å²) < 4.78 is 51.8. The summed E-state index contributed by atoms with van der Waals surface area (Å²) in [4.78, 5) is 0. The van der Waals surface area contributed by atoms with Crippen LogP contribution >= 0.6 is 11.8 Å². The number of thioether (sulfide) groups is 1. The van der Waals surface area contributed by atoms with Crippen molar-refractivity contribution < 1.29 is 67.2 Å². The summed E-state index contributed by atoms with van der Waals surface area (Å²) in [6, 6.07) is 6.14. The zero-order valence-corrected chi connectivity index (χ0v) is 20.9. The lowest BCUT2D eigenvalue weighted by molar-refractivity contribution is -0.268. The third kappa shape index (κ3) is 7.49. The molecule has 2 fully saturated rings. The molecule has 3 rings (SSSR count). The minimum atomic E-state index is -5.03. The summed E-state index contributed by atoms with van der Waals surface area (Å²) in [5.74, 6) is 0.0938. The van der Waals surface area contributed by atoms with Crippen LogP contribution in [0.1, 0.15) is 12.5 Å². The average Bonchev–Trinajstić information content (AvgIpc) is 2.85. The van der Waals surface area contributed by atoms with Gasteiger partial charge in [0, 0.05) is 12.0 Å². The lowest BCUT2D eigenvalue weighted by Gasteiger charge is -2.39. The highest BCUT2D eigenvalue weighted by Crippen LogP contribution is 2.32. The first-order chi connectivity index (χ1) is 17.3. The van der Waals surface area contributed by atoms with Crippen molar-refractivity contribution >= 4 is 27.2 Å². The number of hydrogen-bond donors (Lipinski definition) is 8. The second-order valence-electron chi connectivity index (χ2n) is 8.39. The third-order valence-electron chi connectivity index (χ3n) is 5.70. The molecule has 0 spiro atoms. The van der Waals surface area contributed by atoms with Crippen LogP contribution in [0.25, 0.3) is 0 Å². The standard InChI is InChI=1S/C20H29NO14S2/c1-8-13(23)15(25)17(27)19(32-8)33-10-5-3-2-4-9(10)6-12(21-35-37(29,30)31)36-20-18(28)16(26)14(24)11(7-22)34-20/h2-5,8,11,13-20,22-28H,6-7H2,1H3,(H,29,30,31)/b21-12+/t8-,11+,13-,14-,15-,16-,17+,18+,19-,20+/m0/s1. The Hall–Kier alpha value is -1.61. The van der Waals surface area contributed by atoms with Crippen LogP contribution in [0.3, 0.4) is 0 Å². The van der Waals surface area contributed by atoms with Crippen LogP contribution in [0.15, 0.2) is 29.4 Å². The lowest BCUT2D eigenvalue weighted by Crippen LogP contribution is -2.58. The zero-order chi connectivity index (χ0) is 27.5. The number of aliphatic hydroxyl groups excluding tert-OH is 7. The summed E-state index contributed by atoms with van der Waals surface area (Å²) in [5, 5.41) is 73.1. The van der Waals surface area contributed by atoms with E-state index in [0.717, 1.165) is 0 Å². The fraction of sp³-hybridized carbons (Fsp3) is 0.650. The van der Waals surface area contributed by atoms with Crippen LogP contribution < -0.4 is 4.74 Å². The van der Waals surface area contributed by atoms with Crippen molar-refractivity contribution in [1.82, 2.24) is 0 Å². The number of oxime groups is 1. The van der Waals surface area contributed by atoms with Gasteiger partial charge in [-0.15, -0.1) is 0 Å². The first-order valence-corrected chi connectivity index (χ1v) is 13.2. The Morgan fingerprint density at radius 2 is 1.62 bits per heavy atom. The highest BCUT2D eigenvalue weighted by molar-refractivity contribution is 8.14. The number of nitrogens with zero attached hydrogens (tertiary/aromatic N) is 1. The third-order valence-corrected chi connectivity index (χ3v) is 7.08. The molecule has 2 aliphatic rings. The van der Waals surface area contributed by atoms with E-state index in [-0.39, 0.29) is 17.2 Å². The molecule has 8 N–H and O–H groups in total. The van der Waals surface area contributed by atoms with Gasteiger partial charge in [0.25, 0.3) is 0 Å². The minimum Gasteiger partial charge on any atom is -0.462 e. The second kappa shape index (κ2) is 12.5. The number of ether oxygens (including phenoxy) is 3. The fourth-order valence-corrected chi connectivity index (χ4v) is 4.96. The van der Waals surface area contributed by atoms with Gasteiger partial charge >= 0.3 is 10.4 Å². The molecule has 1 aromatic rings. The Morgan fingerprint density at radius 3 is 2.27 bits per heavy atom. The van der Waals surface area contributed by atoms with Crippen LogP contribution in [-0.4, -0.2) is 121 Å². The maximum absolute atomic E-state index is 11.1. The topological polar surface area (TPSA) is 245 Å². The van der Waals surface area contributed by atoms with E-state index in [1.807, 2.05) is 0 Å². The van der Waals surface area contributed by atoms with Crippen LogP contribution in [-0.2, 0) is 30.6 Å². The maximum Gasteiger partial charge on any atom is 0.466 e. The van der Waals surface area contributed by atoms with Gasteiger partial charge in [0.15, 0.2) is 0 Å². The van der Waals surface area contributed by atoms with Crippen molar-refractivity contribution in [3.8, 4) is 5.75 Å². The molecule has 210 valence electrons. The van der Waals surface area contributed by atoms with E-state index in [4.69, 9.17) is 18.8 Å². The lowest BCUT2D eigenvalue weighted by atomic mass is 10.00. The first kappa shape index (κ1) is 29.9. The molecule has 2 aliphatic heterocycles. The number of benzene rings is 1. The number of rotatable bonds is 8.